The molecular weight excluding hydrogens is 174 g/mol. The Bertz CT molecular complexity index is 342. The average molecular weight is 191 g/mol. The van der Waals surface area contributed by atoms with Crippen LogP contribution in [0.3, 0.4) is 0 Å². The molecule has 0 radical (unpaired) electrons. The van der Waals surface area contributed by atoms with Crippen LogP contribution >= 0.6 is 0 Å². The van der Waals surface area contributed by atoms with Crippen molar-refractivity contribution in [3.63, 3.8) is 0 Å². The maximum atomic E-state index is 5.54. The zero-order chi connectivity index (χ0) is 10.6. The lowest BCUT2D eigenvalue weighted by Crippen LogP contribution is -1.99. The Morgan fingerprint density at radius 1 is 1.50 bits per heavy atom. The molecule has 1 aromatic carbocycles. The second-order valence-electron chi connectivity index (χ2n) is 3.44. The highest BCUT2D eigenvalue weighted by Crippen LogP contribution is 2.21. The van der Waals surface area contributed by atoms with Gasteiger partial charge in [0.05, 0.1) is 7.11 Å². The van der Waals surface area contributed by atoms with Gasteiger partial charge in [-0.3, -0.25) is 0 Å². The van der Waals surface area contributed by atoms with Gasteiger partial charge in [0.15, 0.2) is 0 Å². The highest BCUT2D eigenvalue weighted by atomic mass is 16.5. The molecule has 0 saturated heterocycles. The van der Waals surface area contributed by atoms with Crippen LogP contribution in [0, 0.1) is 6.92 Å². The fraction of sp³-hybridized carbons (Fsp3) is 0.333. The van der Waals surface area contributed by atoms with Crippen LogP contribution in [-0.4, -0.2) is 13.7 Å². The molecule has 0 heterocycles. The van der Waals surface area contributed by atoms with Crippen molar-refractivity contribution in [3.8, 4) is 5.75 Å². The van der Waals surface area contributed by atoms with Gasteiger partial charge in [-0.25, -0.2) is 0 Å². The molecule has 0 aromatic heterocycles. The van der Waals surface area contributed by atoms with Crippen LogP contribution < -0.4 is 10.5 Å². The summed E-state index contributed by atoms with van der Waals surface area (Å²) in [7, 11) is 1.68. The Morgan fingerprint density at radius 3 is 2.79 bits per heavy atom. The third-order valence-corrected chi connectivity index (χ3v) is 2.11. The number of rotatable bonds is 3. The van der Waals surface area contributed by atoms with Crippen LogP contribution in [-0.2, 0) is 0 Å². The lowest BCUT2D eigenvalue weighted by atomic mass is 10.1. The van der Waals surface area contributed by atoms with Crippen molar-refractivity contribution in [3.05, 3.63) is 34.9 Å². The summed E-state index contributed by atoms with van der Waals surface area (Å²) in [6.45, 7) is 4.66. The van der Waals surface area contributed by atoms with E-state index < -0.39 is 0 Å². The van der Waals surface area contributed by atoms with Crippen LogP contribution in [0.1, 0.15) is 18.1 Å². The van der Waals surface area contributed by atoms with Crippen molar-refractivity contribution in [2.75, 3.05) is 13.7 Å². The first-order valence-electron chi connectivity index (χ1n) is 4.69. The Hall–Kier alpha value is -1.28. The topological polar surface area (TPSA) is 35.2 Å². The van der Waals surface area contributed by atoms with Gasteiger partial charge in [0, 0.05) is 12.1 Å². The van der Waals surface area contributed by atoms with Gasteiger partial charge in [0.2, 0.25) is 0 Å². The second-order valence-corrected chi connectivity index (χ2v) is 3.44. The zero-order valence-electron chi connectivity index (χ0n) is 9.00. The number of ether oxygens (including phenoxy) is 1. The van der Waals surface area contributed by atoms with E-state index in [0.717, 1.165) is 16.9 Å². The first-order chi connectivity index (χ1) is 6.67. The minimum atomic E-state index is 0.580. The van der Waals surface area contributed by atoms with E-state index in [1.807, 2.05) is 19.1 Å². The van der Waals surface area contributed by atoms with Crippen LogP contribution in [0.5, 0.6) is 5.75 Å². The molecular formula is C12H17NO. The van der Waals surface area contributed by atoms with E-state index in [0.29, 0.717) is 6.54 Å². The summed E-state index contributed by atoms with van der Waals surface area (Å²) in [6, 6.07) is 6.11. The van der Waals surface area contributed by atoms with Gasteiger partial charge in [-0.15, -0.1) is 0 Å². The fourth-order valence-electron chi connectivity index (χ4n) is 1.29. The number of methoxy groups -OCH3 is 1. The molecule has 0 aliphatic heterocycles. The first-order valence-corrected chi connectivity index (χ1v) is 4.69. The van der Waals surface area contributed by atoms with Crippen molar-refractivity contribution >= 4 is 6.08 Å². The molecule has 14 heavy (non-hydrogen) atoms. The SMILES string of the molecule is COc1ccc(C)cc1/C=C(/C)CN. The maximum Gasteiger partial charge on any atom is 0.126 e. The number of benzene rings is 1. The van der Waals surface area contributed by atoms with Crippen LogP contribution in [0.4, 0.5) is 0 Å². The standard InChI is InChI=1S/C12H17NO/c1-9-4-5-12(14-3)11(6-9)7-10(2)8-13/h4-7H,8,13H2,1-3H3/b10-7-. The predicted octanol–water partition coefficient (Wildman–Crippen LogP) is 2.37. The van der Waals surface area contributed by atoms with E-state index in [1.54, 1.807) is 7.11 Å². The summed E-state index contributed by atoms with van der Waals surface area (Å²) >= 11 is 0. The summed E-state index contributed by atoms with van der Waals surface area (Å²) in [5.41, 5.74) is 9.00. The predicted molar refractivity (Wildman–Crippen MR) is 60.4 cm³/mol. The van der Waals surface area contributed by atoms with Crippen LogP contribution in [0.15, 0.2) is 23.8 Å². The van der Waals surface area contributed by atoms with Gasteiger partial charge in [-0.2, -0.15) is 0 Å². The lowest BCUT2D eigenvalue weighted by molar-refractivity contribution is 0.413. The molecule has 0 spiro atoms. The molecule has 0 bridgehead atoms. The van der Waals surface area contributed by atoms with E-state index >= 15 is 0 Å². The average Bonchev–Trinajstić information content (AvgIpc) is 2.18. The Morgan fingerprint density at radius 2 is 2.21 bits per heavy atom. The number of aryl methyl sites for hydroxylation is 1. The molecule has 0 aliphatic rings. The minimum absolute atomic E-state index is 0.580. The smallest absolute Gasteiger partial charge is 0.126 e. The fourth-order valence-corrected chi connectivity index (χ4v) is 1.29. The highest BCUT2D eigenvalue weighted by molar-refractivity contribution is 5.60. The Kier molecular flexibility index (Phi) is 3.72. The zero-order valence-corrected chi connectivity index (χ0v) is 9.00. The quantitative estimate of drug-likeness (QED) is 0.796. The second kappa shape index (κ2) is 4.82. The summed E-state index contributed by atoms with van der Waals surface area (Å²) in [5, 5.41) is 0. The Balaban J connectivity index is 3.11. The van der Waals surface area contributed by atoms with Gasteiger partial charge in [-0.1, -0.05) is 23.3 Å². The largest absolute Gasteiger partial charge is 0.496 e. The molecule has 76 valence electrons. The summed E-state index contributed by atoms with van der Waals surface area (Å²) in [5.74, 6) is 0.892. The molecule has 0 saturated carbocycles. The van der Waals surface area contributed by atoms with Crippen LogP contribution in [0.25, 0.3) is 6.08 Å². The van der Waals surface area contributed by atoms with Crippen molar-refractivity contribution in [2.45, 2.75) is 13.8 Å². The summed E-state index contributed by atoms with van der Waals surface area (Å²) < 4.78 is 5.26. The number of hydrogen-bond donors (Lipinski definition) is 1. The van der Waals surface area contributed by atoms with E-state index in [2.05, 4.69) is 19.1 Å². The van der Waals surface area contributed by atoms with E-state index in [9.17, 15) is 0 Å². The van der Waals surface area contributed by atoms with Crippen molar-refractivity contribution in [2.24, 2.45) is 5.73 Å². The summed E-state index contributed by atoms with van der Waals surface area (Å²) in [4.78, 5) is 0. The number of nitrogens with two attached hydrogens (primary N) is 1. The first kappa shape index (κ1) is 10.8. The molecule has 1 aromatic rings. The number of hydrogen-bond acceptors (Lipinski definition) is 2. The van der Waals surface area contributed by atoms with Gasteiger partial charge in [-0.05, 0) is 26.0 Å². The van der Waals surface area contributed by atoms with Crippen molar-refractivity contribution in [1.29, 1.82) is 0 Å². The molecule has 0 atom stereocenters. The lowest BCUT2D eigenvalue weighted by Gasteiger charge is -2.06. The minimum Gasteiger partial charge on any atom is -0.496 e. The van der Waals surface area contributed by atoms with Crippen molar-refractivity contribution in [1.82, 2.24) is 0 Å². The van der Waals surface area contributed by atoms with Crippen LogP contribution in [0.2, 0.25) is 0 Å². The normalized spacial score (nSPS) is 11.6. The van der Waals surface area contributed by atoms with E-state index in [4.69, 9.17) is 10.5 Å². The Labute approximate surface area is 85.4 Å². The molecule has 0 unspecified atom stereocenters. The van der Waals surface area contributed by atoms with Crippen molar-refractivity contribution < 1.29 is 4.74 Å². The third kappa shape index (κ3) is 2.60. The maximum absolute atomic E-state index is 5.54. The highest BCUT2D eigenvalue weighted by Gasteiger charge is 1.99. The molecule has 0 amide bonds. The molecule has 2 heteroatoms. The molecule has 2 nitrogen and oxygen atoms in total. The van der Waals surface area contributed by atoms with E-state index in [1.165, 1.54) is 5.56 Å². The van der Waals surface area contributed by atoms with Gasteiger partial charge >= 0.3 is 0 Å². The molecule has 2 N–H and O–H groups in total. The monoisotopic (exact) mass is 191 g/mol. The molecule has 0 aliphatic carbocycles. The third-order valence-electron chi connectivity index (χ3n) is 2.11. The van der Waals surface area contributed by atoms with E-state index in [-0.39, 0.29) is 0 Å². The van der Waals surface area contributed by atoms with Gasteiger partial charge in [0.1, 0.15) is 5.75 Å². The van der Waals surface area contributed by atoms with Gasteiger partial charge < -0.3 is 10.5 Å². The summed E-state index contributed by atoms with van der Waals surface area (Å²) in [6.07, 6.45) is 2.06. The van der Waals surface area contributed by atoms with Gasteiger partial charge in [0.25, 0.3) is 0 Å². The molecule has 0 fully saturated rings. The molecule has 1 rings (SSSR count).